The van der Waals surface area contributed by atoms with Gasteiger partial charge in [0.1, 0.15) is 5.82 Å². The van der Waals surface area contributed by atoms with Crippen molar-refractivity contribution in [3.05, 3.63) is 57.5 Å². The maximum atomic E-state index is 13.4. The van der Waals surface area contributed by atoms with Crippen molar-refractivity contribution in [2.24, 2.45) is 0 Å². The van der Waals surface area contributed by atoms with E-state index in [4.69, 9.17) is 0 Å². The molecule has 2 nitrogen and oxygen atoms in total. The Morgan fingerprint density at radius 3 is 2.78 bits per heavy atom. The minimum Gasteiger partial charge on any atom is -0.345 e. The second-order valence-corrected chi connectivity index (χ2v) is 5.15. The lowest BCUT2D eigenvalue weighted by Gasteiger charge is -2.12. The molecule has 0 saturated carbocycles. The van der Waals surface area contributed by atoms with Gasteiger partial charge in [-0.2, -0.15) is 0 Å². The lowest BCUT2D eigenvalue weighted by molar-refractivity contribution is 0.0940. The third-order valence-electron chi connectivity index (χ3n) is 2.75. The first-order valence-corrected chi connectivity index (χ1v) is 6.56. The van der Waals surface area contributed by atoms with Crippen LogP contribution in [0.15, 0.2) is 35.7 Å². The molecule has 0 bridgehead atoms. The van der Waals surface area contributed by atoms with Gasteiger partial charge in [-0.25, -0.2) is 4.39 Å². The Labute approximate surface area is 109 Å². The average molecular weight is 263 g/mol. The van der Waals surface area contributed by atoms with E-state index in [9.17, 15) is 9.18 Å². The zero-order valence-corrected chi connectivity index (χ0v) is 11.1. The molecule has 0 radical (unpaired) electrons. The van der Waals surface area contributed by atoms with E-state index in [-0.39, 0.29) is 17.8 Å². The van der Waals surface area contributed by atoms with Gasteiger partial charge >= 0.3 is 0 Å². The van der Waals surface area contributed by atoms with Crippen molar-refractivity contribution in [3.8, 4) is 0 Å². The van der Waals surface area contributed by atoms with Gasteiger partial charge in [0, 0.05) is 10.4 Å². The number of thiophene rings is 1. The highest BCUT2D eigenvalue weighted by molar-refractivity contribution is 7.10. The van der Waals surface area contributed by atoms with Gasteiger partial charge in [0.2, 0.25) is 0 Å². The van der Waals surface area contributed by atoms with Gasteiger partial charge in [0.25, 0.3) is 5.91 Å². The largest absolute Gasteiger partial charge is 0.345 e. The molecule has 0 fully saturated rings. The van der Waals surface area contributed by atoms with E-state index in [1.54, 1.807) is 30.4 Å². The molecule has 1 aromatic heterocycles. The fraction of sp³-hybridized carbons (Fsp3) is 0.214. The standard InChI is InChI=1S/C14H14FNOS/c1-9-5-6-11(8-12(9)15)14(17)16-10(2)13-4-3-7-18-13/h3-8,10H,1-2H3,(H,16,17). The molecule has 1 amide bonds. The van der Waals surface area contributed by atoms with Crippen molar-refractivity contribution >= 4 is 17.2 Å². The molecule has 2 aromatic rings. The van der Waals surface area contributed by atoms with Crippen LogP contribution >= 0.6 is 11.3 Å². The van der Waals surface area contributed by atoms with E-state index < -0.39 is 0 Å². The predicted molar refractivity (Wildman–Crippen MR) is 71.3 cm³/mol. The number of nitrogens with one attached hydrogen (secondary N) is 1. The third kappa shape index (κ3) is 2.76. The van der Waals surface area contributed by atoms with Gasteiger partial charge in [-0.1, -0.05) is 12.1 Å². The van der Waals surface area contributed by atoms with Crippen LogP contribution in [0.3, 0.4) is 0 Å². The molecule has 94 valence electrons. The summed E-state index contributed by atoms with van der Waals surface area (Å²) in [6, 6.07) is 8.35. The highest BCUT2D eigenvalue weighted by Crippen LogP contribution is 2.19. The second-order valence-electron chi connectivity index (χ2n) is 4.17. The van der Waals surface area contributed by atoms with E-state index >= 15 is 0 Å². The average Bonchev–Trinajstić information content (AvgIpc) is 2.86. The van der Waals surface area contributed by atoms with Crippen LogP contribution in [0.2, 0.25) is 0 Å². The number of hydrogen-bond acceptors (Lipinski definition) is 2. The Morgan fingerprint density at radius 2 is 2.17 bits per heavy atom. The molecular formula is C14H14FNOS. The maximum Gasteiger partial charge on any atom is 0.251 e. The van der Waals surface area contributed by atoms with Crippen LogP contribution in [-0.4, -0.2) is 5.91 Å². The van der Waals surface area contributed by atoms with E-state index in [0.29, 0.717) is 11.1 Å². The smallest absolute Gasteiger partial charge is 0.251 e. The highest BCUT2D eigenvalue weighted by Gasteiger charge is 2.13. The van der Waals surface area contributed by atoms with Gasteiger partial charge in [0.15, 0.2) is 0 Å². The topological polar surface area (TPSA) is 29.1 Å². The second kappa shape index (κ2) is 5.31. The summed E-state index contributed by atoms with van der Waals surface area (Å²) in [7, 11) is 0. The van der Waals surface area contributed by atoms with E-state index in [2.05, 4.69) is 5.32 Å². The van der Waals surface area contributed by atoms with Crippen LogP contribution in [0, 0.1) is 12.7 Å². The Balaban J connectivity index is 2.10. The van der Waals surface area contributed by atoms with E-state index in [0.717, 1.165) is 4.88 Å². The molecule has 1 N–H and O–H groups in total. The fourth-order valence-electron chi connectivity index (χ4n) is 1.62. The number of rotatable bonds is 3. The molecule has 1 unspecified atom stereocenters. The quantitative estimate of drug-likeness (QED) is 0.899. The lowest BCUT2D eigenvalue weighted by atomic mass is 10.1. The van der Waals surface area contributed by atoms with Crippen LogP contribution in [0.1, 0.15) is 33.8 Å². The molecule has 1 heterocycles. The van der Waals surface area contributed by atoms with Gasteiger partial charge in [-0.3, -0.25) is 4.79 Å². The molecular weight excluding hydrogens is 249 g/mol. The van der Waals surface area contributed by atoms with Crippen LogP contribution < -0.4 is 5.32 Å². The lowest BCUT2D eigenvalue weighted by Crippen LogP contribution is -2.26. The summed E-state index contributed by atoms with van der Waals surface area (Å²) in [4.78, 5) is 13.0. The Bertz CT molecular complexity index is 551. The Kier molecular flexibility index (Phi) is 3.77. The molecule has 2 rings (SSSR count). The molecule has 0 saturated heterocycles. The maximum absolute atomic E-state index is 13.4. The Morgan fingerprint density at radius 1 is 1.39 bits per heavy atom. The molecule has 0 aliphatic rings. The predicted octanol–water partition coefficient (Wildman–Crippen LogP) is 3.69. The molecule has 0 spiro atoms. The van der Waals surface area contributed by atoms with Gasteiger partial charge in [-0.15, -0.1) is 11.3 Å². The van der Waals surface area contributed by atoms with Crippen molar-refractivity contribution in [2.45, 2.75) is 19.9 Å². The van der Waals surface area contributed by atoms with Gasteiger partial charge in [-0.05, 0) is 43.0 Å². The van der Waals surface area contributed by atoms with Crippen molar-refractivity contribution in [3.63, 3.8) is 0 Å². The van der Waals surface area contributed by atoms with Gasteiger partial charge in [0.05, 0.1) is 6.04 Å². The summed E-state index contributed by atoms with van der Waals surface area (Å²) >= 11 is 1.59. The molecule has 4 heteroatoms. The van der Waals surface area contributed by atoms with E-state index in [1.165, 1.54) is 6.07 Å². The van der Waals surface area contributed by atoms with Crippen LogP contribution in [0.25, 0.3) is 0 Å². The minimum atomic E-state index is -0.355. The first-order valence-electron chi connectivity index (χ1n) is 5.68. The van der Waals surface area contributed by atoms with Crippen LogP contribution in [-0.2, 0) is 0 Å². The molecule has 0 aliphatic carbocycles. The normalized spacial score (nSPS) is 12.2. The summed E-state index contributed by atoms with van der Waals surface area (Å²) in [5.74, 6) is -0.610. The summed E-state index contributed by atoms with van der Waals surface area (Å²) < 4.78 is 13.4. The van der Waals surface area contributed by atoms with Crippen molar-refractivity contribution in [2.75, 3.05) is 0 Å². The van der Waals surface area contributed by atoms with Crippen molar-refractivity contribution < 1.29 is 9.18 Å². The van der Waals surface area contributed by atoms with Crippen LogP contribution in [0.4, 0.5) is 4.39 Å². The Hall–Kier alpha value is -1.68. The molecule has 0 aliphatic heterocycles. The monoisotopic (exact) mass is 263 g/mol. The van der Waals surface area contributed by atoms with Crippen molar-refractivity contribution in [1.29, 1.82) is 0 Å². The zero-order valence-electron chi connectivity index (χ0n) is 10.2. The first-order chi connectivity index (χ1) is 8.58. The number of aryl methyl sites for hydroxylation is 1. The molecule has 1 atom stereocenters. The number of hydrogen-bond donors (Lipinski definition) is 1. The summed E-state index contributed by atoms with van der Waals surface area (Å²) in [5.41, 5.74) is 0.888. The first kappa shape index (κ1) is 12.8. The van der Waals surface area contributed by atoms with Crippen LogP contribution in [0.5, 0.6) is 0 Å². The number of carbonyl (C=O) groups is 1. The molecule has 18 heavy (non-hydrogen) atoms. The third-order valence-corrected chi connectivity index (χ3v) is 3.81. The summed E-state index contributed by atoms with van der Waals surface area (Å²) in [6.07, 6.45) is 0. The number of halogens is 1. The highest BCUT2D eigenvalue weighted by atomic mass is 32.1. The van der Waals surface area contributed by atoms with E-state index in [1.807, 2.05) is 24.4 Å². The molecule has 1 aromatic carbocycles. The zero-order chi connectivity index (χ0) is 13.1. The summed E-state index contributed by atoms with van der Waals surface area (Å²) in [6.45, 7) is 3.58. The number of carbonyl (C=O) groups excluding carboxylic acids is 1. The number of amides is 1. The fourth-order valence-corrected chi connectivity index (χ4v) is 2.36. The van der Waals surface area contributed by atoms with Gasteiger partial charge < -0.3 is 5.32 Å². The minimum absolute atomic E-state index is 0.0677. The SMILES string of the molecule is Cc1ccc(C(=O)NC(C)c2cccs2)cc1F. The summed E-state index contributed by atoms with van der Waals surface area (Å²) in [5, 5.41) is 4.81. The van der Waals surface area contributed by atoms with Crippen molar-refractivity contribution in [1.82, 2.24) is 5.32 Å². The number of benzene rings is 1.